The normalized spacial score (nSPS) is 11.7. The van der Waals surface area contributed by atoms with Crippen LogP contribution in [0.15, 0.2) is 24.5 Å². The topological polar surface area (TPSA) is 121 Å². The van der Waals surface area contributed by atoms with Gasteiger partial charge in [-0.15, -0.1) is 0 Å². The first kappa shape index (κ1) is 20.2. The van der Waals surface area contributed by atoms with Crippen LogP contribution in [0.25, 0.3) is 0 Å². The minimum atomic E-state index is -0.556. The number of ether oxygens (including phenoxy) is 2. The summed E-state index contributed by atoms with van der Waals surface area (Å²) in [5, 5.41) is 21.1. The second-order valence-corrected chi connectivity index (χ2v) is 5.80. The minimum Gasteiger partial charge on any atom is -0.493 e. The molecule has 1 heterocycles. The monoisotopic (exact) mass is 377 g/mol. The van der Waals surface area contributed by atoms with E-state index in [-0.39, 0.29) is 30.3 Å². The molecule has 0 radical (unpaired) electrons. The average molecular weight is 377 g/mol. The van der Waals surface area contributed by atoms with Crippen LogP contribution >= 0.6 is 0 Å². The third kappa shape index (κ3) is 4.73. The predicted molar refractivity (Wildman–Crippen MR) is 97.9 cm³/mol. The summed E-state index contributed by atoms with van der Waals surface area (Å²) < 4.78 is 11.9. The molecule has 2 aromatic rings. The molecule has 1 unspecified atom stereocenters. The number of amides is 1. The Balaban J connectivity index is 2.09. The molecule has 1 amide bonds. The molecule has 146 valence electrons. The lowest BCUT2D eigenvalue weighted by molar-refractivity contribution is -0.385. The Morgan fingerprint density at radius 3 is 2.52 bits per heavy atom. The fourth-order valence-electron chi connectivity index (χ4n) is 2.74. The third-order valence-electron chi connectivity index (χ3n) is 4.08. The van der Waals surface area contributed by atoms with Crippen molar-refractivity contribution < 1.29 is 19.2 Å². The maximum Gasteiger partial charge on any atom is 0.276 e. The van der Waals surface area contributed by atoms with Crippen LogP contribution in [0.4, 0.5) is 5.69 Å². The second-order valence-electron chi connectivity index (χ2n) is 5.80. The van der Waals surface area contributed by atoms with Gasteiger partial charge in [0.2, 0.25) is 5.91 Å². The molecule has 2 rings (SSSR count). The minimum absolute atomic E-state index is 0.0840. The van der Waals surface area contributed by atoms with Crippen molar-refractivity contribution in [2.45, 2.75) is 12.5 Å². The highest BCUT2D eigenvalue weighted by molar-refractivity contribution is 5.83. The summed E-state index contributed by atoms with van der Waals surface area (Å²) in [6.45, 7) is 0.230. The average Bonchev–Trinajstić information content (AvgIpc) is 3.07. The Bertz CT molecular complexity index is 820. The molecule has 27 heavy (non-hydrogen) atoms. The van der Waals surface area contributed by atoms with Crippen molar-refractivity contribution in [2.75, 3.05) is 27.8 Å². The number of carbonyl (C=O) groups is 1. The number of methoxy groups -OCH3 is 2. The summed E-state index contributed by atoms with van der Waals surface area (Å²) in [5.41, 5.74) is 1.09. The summed E-state index contributed by atoms with van der Waals surface area (Å²) in [6, 6.07) is 2.32. The van der Waals surface area contributed by atoms with E-state index in [2.05, 4.69) is 15.7 Å². The lowest BCUT2D eigenvalue weighted by Gasteiger charge is -2.15. The van der Waals surface area contributed by atoms with Crippen molar-refractivity contribution in [3.05, 3.63) is 45.8 Å². The first-order valence-electron chi connectivity index (χ1n) is 8.24. The fraction of sp³-hybridized carbons (Fsp3) is 0.412. The van der Waals surface area contributed by atoms with E-state index in [1.807, 2.05) is 0 Å². The number of nitro benzene ring substituents is 1. The van der Waals surface area contributed by atoms with E-state index in [1.54, 1.807) is 37.2 Å². The van der Waals surface area contributed by atoms with Crippen molar-refractivity contribution in [1.29, 1.82) is 0 Å². The Labute approximate surface area is 156 Å². The van der Waals surface area contributed by atoms with Crippen LogP contribution in [-0.2, 0) is 18.3 Å². The van der Waals surface area contributed by atoms with Crippen molar-refractivity contribution in [3.8, 4) is 11.5 Å². The van der Waals surface area contributed by atoms with Gasteiger partial charge in [0.1, 0.15) is 6.04 Å². The lowest BCUT2D eigenvalue weighted by Crippen LogP contribution is -2.36. The Morgan fingerprint density at radius 1 is 1.33 bits per heavy atom. The highest BCUT2D eigenvalue weighted by Crippen LogP contribution is 2.34. The number of hydrogen-bond acceptors (Lipinski definition) is 7. The third-order valence-corrected chi connectivity index (χ3v) is 4.08. The van der Waals surface area contributed by atoms with Gasteiger partial charge in [0, 0.05) is 30.9 Å². The fourth-order valence-corrected chi connectivity index (χ4v) is 2.74. The number of rotatable bonds is 9. The molecule has 0 aliphatic heterocycles. The number of nitrogens with zero attached hydrogens (tertiary/aromatic N) is 3. The molecule has 0 saturated carbocycles. The van der Waals surface area contributed by atoms with Crippen molar-refractivity contribution in [1.82, 2.24) is 20.4 Å². The first-order valence-corrected chi connectivity index (χ1v) is 8.24. The van der Waals surface area contributed by atoms with Crippen LogP contribution in [0.3, 0.4) is 0 Å². The number of nitro groups is 1. The maximum absolute atomic E-state index is 12.4. The van der Waals surface area contributed by atoms with Crippen molar-refractivity contribution >= 4 is 11.6 Å². The number of aromatic nitrogens is 2. The van der Waals surface area contributed by atoms with Gasteiger partial charge in [0.15, 0.2) is 11.5 Å². The van der Waals surface area contributed by atoms with Gasteiger partial charge in [-0.1, -0.05) is 0 Å². The van der Waals surface area contributed by atoms with Gasteiger partial charge in [-0.25, -0.2) is 0 Å². The lowest BCUT2D eigenvalue weighted by atomic mass is 10.1. The molecule has 0 fully saturated rings. The van der Waals surface area contributed by atoms with Crippen LogP contribution in [-0.4, -0.2) is 48.4 Å². The Morgan fingerprint density at radius 2 is 2.00 bits per heavy atom. The van der Waals surface area contributed by atoms with Gasteiger partial charge in [0.25, 0.3) is 5.69 Å². The molecule has 0 aliphatic rings. The van der Waals surface area contributed by atoms with Crippen molar-refractivity contribution in [2.24, 2.45) is 7.05 Å². The van der Waals surface area contributed by atoms with Crippen LogP contribution in [0.5, 0.6) is 11.5 Å². The van der Waals surface area contributed by atoms with E-state index < -0.39 is 11.0 Å². The smallest absolute Gasteiger partial charge is 0.276 e. The number of hydrogen-bond donors (Lipinski definition) is 2. The molecule has 0 saturated heterocycles. The molecule has 2 N–H and O–H groups in total. The van der Waals surface area contributed by atoms with E-state index in [0.717, 1.165) is 5.56 Å². The zero-order valence-corrected chi connectivity index (χ0v) is 15.7. The van der Waals surface area contributed by atoms with Gasteiger partial charge in [-0.2, -0.15) is 5.10 Å². The quantitative estimate of drug-likeness (QED) is 0.493. The number of carbonyl (C=O) groups excluding carboxylic acids is 1. The molecular weight excluding hydrogens is 354 g/mol. The van der Waals surface area contributed by atoms with Crippen LogP contribution in [0, 0.1) is 10.1 Å². The molecule has 0 aliphatic carbocycles. The zero-order chi connectivity index (χ0) is 20.0. The van der Waals surface area contributed by atoms with Gasteiger partial charge in [-0.05, 0) is 19.5 Å². The standard InChI is InChI=1S/C17H23N5O5/c1-18-16(12-9-20-21(2)10-12)17(23)19-6-5-11-7-14(26-3)15(27-4)8-13(11)22(24)25/h7-10,16,18H,5-6H2,1-4H3,(H,19,23). The second kappa shape index (κ2) is 8.99. The van der Waals surface area contributed by atoms with Crippen LogP contribution < -0.4 is 20.1 Å². The number of likely N-dealkylation sites (N-methyl/N-ethyl adjacent to an activating group) is 1. The zero-order valence-electron chi connectivity index (χ0n) is 15.7. The maximum atomic E-state index is 12.4. The molecule has 1 aromatic heterocycles. The largest absolute Gasteiger partial charge is 0.493 e. The van der Waals surface area contributed by atoms with Crippen molar-refractivity contribution in [3.63, 3.8) is 0 Å². The van der Waals surface area contributed by atoms with Gasteiger partial charge >= 0.3 is 0 Å². The molecule has 1 aromatic carbocycles. The molecular formula is C17H23N5O5. The van der Waals surface area contributed by atoms with E-state index in [0.29, 0.717) is 11.3 Å². The predicted octanol–water partition coefficient (Wildman–Crippen LogP) is 0.965. The van der Waals surface area contributed by atoms with Crippen LogP contribution in [0.1, 0.15) is 17.2 Å². The van der Waals surface area contributed by atoms with E-state index in [1.165, 1.54) is 20.3 Å². The summed E-state index contributed by atoms with van der Waals surface area (Å²) in [6.07, 6.45) is 3.63. The van der Waals surface area contributed by atoms with E-state index >= 15 is 0 Å². The molecule has 10 heteroatoms. The number of nitrogens with one attached hydrogen (secondary N) is 2. The SMILES string of the molecule is CNC(C(=O)NCCc1cc(OC)c(OC)cc1[N+](=O)[O-])c1cnn(C)c1. The summed E-state index contributed by atoms with van der Waals surface area (Å²) in [7, 11) is 6.32. The highest BCUT2D eigenvalue weighted by Gasteiger charge is 2.22. The van der Waals surface area contributed by atoms with Gasteiger partial charge in [0.05, 0.1) is 31.4 Å². The Hall–Kier alpha value is -3.14. The summed E-state index contributed by atoms with van der Waals surface area (Å²) in [5.74, 6) is 0.435. The summed E-state index contributed by atoms with van der Waals surface area (Å²) >= 11 is 0. The first-order chi connectivity index (χ1) is 12.9. The molecule has 0 spiro atoms. The Kier molecular flexibility index (Phi) is 6.72. The number of aryl methyl sites for hydroxylation is 1. The highest BCUT2D eigenvalue weighted by atomic mass is 16.6. The molecule has 1 atom stereocenters. The van der Waals surface area contributed by atoms with Gasteiger partial charge < -0.3 is 20.1 Å². The van der Waals surface area contributed by atoms with E-state index in [9.17, 15) is 14.9 Å². The van der Waals surface area contributed by atoms with Gasteiger partial charge in [-0.3, -0.25) is 19.6 Å². The summed E-state index contributed by atoms with van der Waals surface area (Å²) in [4.78, 5) is 23.3. The van der Waals surface area contributed by atoms with Crippen LogP contribution in [0.2, 0.25) is 0 Å². The molecule has 10 nitrogen and oxygen atoms in total. The molecule has 0 bridgehead atoms. The van der Waals surface area contributed by atoms with E-state index in [4.69, 9.17) is 9.47 Å². The number of benzene rings is 1.